The monoisotopic (exact) mass is 397 g/mol. The van der Waals surface area contributed by atoms with Gasteiger partial charge in [0.1, 0.15) is 0 Å². The lowest BCUT2D eigenvalue weighted by molar-refractivity contribution is -0.384. The molecule has 1 aromatic heterocycles. The number of hydrogen-bond donors (Lipinski definition) is 1. The molecule has 7 nitrogen and oxygen atoms in total. The van der Waals surface area contributed by atoms with Crippen molar-refractivity contribution in [3.63, 3.8) is 0 Å². The second-order valence-corrected chi connectivity index (χ2v) is 7.99. The summed E-state index contributed by atoms with van der Waals surface area (Å²) < 4.78 is 0.839. The minimum absolute atomic E-state index is 0.107. The first-order valence-electron chi connectivity index (χ1n) is 9.45. The van der Waals surface area contributed by atoms with Crippen molar-refractivity contribution in [1.29, 1.82) is 0 Å². The third kappa shape index (κ3) is 4.64. The van der Waals surface area contributed by atoms with E-state index in [1.807, 2.05) is 0 Å². The minimum atomic E-state index is -0.371. The van der Waals surface area contributed by atoms with Crippen molar-refractivity contribution in [2.45, 2.75) is 6.54 Å². The summed E-state index contributed by atoms with van der Waals surface area (Å²) in [5.74, 6) is 0. The molecule has 0 radical (unpaired) electrons. The molecule has 0 bridgehead atoms. The molecule has 0 spiro atoms. The van der Waals surface area contributed by atoms with Crippen LogP contribution in [0.15, 0.2) is 48.5 Å². The highest BCUT2D eigenvalue weighted by Crippen LogP contribution is 2.28. The fourth-order valence-electron chi connectivity index (χ4n) is 3.44. The minimum Gasteiger partial charge on any atom is -0.360 e. The fraction of sp³-hybridized carbons (Fsp3) is 0.350. The van der Waals surface area contributed by atoms with Gasteiger partial charge < -0.3 is 5.32 Å². The van der Waals surface area contributed by atoms with Crippen LogP contribution >= 0.6 is 11.3 Å². The topological polar surface area (TPSA) is 74.5 Å². The number of nitro benzene ring substituents is 1. The Hall–Kier alpha value is -2.55. The summed E-state index contributed by atoms with van der Waals surface area (Å²) in [6, 6.07) is 15.4. The zero-order valence-corrected chi connectivity index (χ0v) is 16.4. The Labute approximate surface area is 167 Å². The van der Waals surface area contributed by atoms with Gasteiger partial charge in [-0.1, -0.05) is 41.7 Å². The number of nitro groups is 1. The summed E-state index contributed by atoms with van der Waals surface area (Å²) in [5, 5.41) is 15.1. The number of fused-ring (bicyclic) bond motifs is 1. The van der Waals surface area contributed by atoms with E-state index in [9.17, 15) is 10.1 Å². The molecule has 0 amide bonds. The van der Waals surface area contributed by atoms with Crippen LogP contribution in [-0.4, -0.2) is 59.0 Å². The van der Waals surface area contributed by atoms with Crippen molar-refractivity contribution in [2.75, 3.05) is 44.6 Å². The van der Waals surface area contributed by atoms with E-state index in [1.54, 1.807) is 12.1 Å². The smallest absolute Gasteiger partial charge is 0.270 e. The van der Waals surface area contributed by atoms with E-state index in [1.165, 1.54) is 23.0 Å². The van der Waals surface area contributed by atoms with Gasteiger partial charge in [-0.2, -0.15) is 0 Å². The standard InChI is InChI=1S/C20H23N5O2S/c26-25(27)17-6-7-18-19(14-17)28-20(22-18)21-8-9-23-10-12-24(13-11-23)15-16-4-2-1-3-5-16/h1-7,14H,8-13,15H2,(H,21,22). The quantitative estimate of drug-likeness (QED) is 0.486. The molecular formula is C20H23N5O2S. The van der Waals surface area contributed by atoms with E-state index in [-0.39, 0.29) is 10.6 Å². The molecule has 2 heterocycles. The molecule has 0 unspecified atom stereocenters. The molecule has 0 atom stereocenters. The van der Waals surface area contributed by atoms with Gasteiger partial charge in [0.15, 0.2) is 5.13 Å². The largest absolute Gasteiger partial charge is 0.360 e. The van der Waals surface area contributed by atoms with Crippen molar-refractivity contribution < 1.29 is 4.92 Å². The molecule has 3 aromatic rings. The lowest BCUT2D eigenvalue weighted by atomic mass is 10.2. The van der Waals surface area contributed by atoms with E-state index < -0.39 is 0 Å². The van der Waals surface area contributed by atoms with Crippen LogP contribution < -0.4 is 5.32 Å². The summed E-state index contributed by atoms with van der Waals surface area (Å²) >= 11 is 1.46. The molecule has 1 aliphatic heterocycles. The van der Waals surface area contributed by atoms with Crippen LogP contribution in [0.1, 0.15) is 5.56 Å². The molecule has 2 aromatic carbocycles. The highest BCUT2D eigenvalue weighted by atomic mass is 32.1. The number of non-ortho nitro benzene ring substituents is 1. The van der Waals surface area contributed by atoms with Crippen LogP contribution in [0.5, 0.6) is 0 Å². The summed E-state index contributed by atoms with van der Waals surface area (Å²) in [6.07, 6.45) is 0. The van der Waals surface area contributed by atoms with Gasteiger partial charge in [-0.05, 0) is 11.6 Å². The molecule has 1 aliphatic rings. The van der Waals surface area contributed by atoms with E-state index in [4.69, 9.17) is 0 Å². The Kier molecular flexibility index (Phi) is 5.80. The van der Waals surface area contributed by atoms with E-state index in [2.05, 4.69) is 50.4 Å². The maximum Gasteiger partial charge on any atom is 0.270 e. The predicted octanol–water partition coefficient (Wildman–Crippen LogP) is 3.43. The molecule has 0 saturated carbocycles. The van der Waals surface area contributed by atoms with E-state index >= 15 is 0 Å². The summed E-state index contributed by atoms with van der Waals surface area (Å²) in [4.78, 5) is 20.0. The maximum absolute atomic E-state index is 10.9. The zero-order valence-electron chi connectivity index (χ0n) is 15.6. The van der Waals surface area contributed by atoms with Crippen molar-refractivity contribution in [1.82, 2.24) is 14.8 Å². The van der Waals surface area contributed by atoms with Gasteiger partial charge in [-0.25, -0.2) is 4.98 Å². The highest BCUT2D eigenvalue weighted by molar-refractivity contribution is 7.22. The highest BCUT2D eigenvalue weighted by Gasteiger charge is 2.17. The summed E-state index contributed by atoms with van der Waals surface area (Å²) in [6.45, 7) is 7.11. The normalized spacial score (nSPS) is 15.7. The van der Waals surface area contributed by atoms with Gasteiger partial charge in [-0.15, -0.1) is 0 Å². The van der Waals surface area contributed by atoms with Crippen molar-refractivity contribution in [3.05, 3.63) is 64.2 Å². The Morgan fingerprint density at radius 3 is 2.57 bits per heavy atom. The van der Waals surface area contributed by atoms with Gasteiger partial charge in [0.2, 0.25) is 0 Å². The van der Waals surface area contributed by atoms with Crippen LogP contribution in [0, 0.1) is 10.1 Å². The first-order chi connectivity index (χ1) is 13.7. The first-order valence-corrected chi connectivity index (χ1v) is 10.3. The summed E-state index contributed by atoms with van der Waals surface area (Å²) in [7, 11) is 0. The fourth-order valence-corrected chi connectivity index (χ4v) is 4.36. The third-order valence-corrected chi connectivity index (χ3v) is 5.98. The second-order valence-electron chi connectivity index (χ2n) is 6.96. The zero-order chi connectivity index (χ0) is 19.3. The van der Waals surface area contributed by atoms with Crippen LogP contribution in [0.3, 0.4) is 0 Å². The molecular weight excluding hydrogens is 374 g/mol. The van der Waals surface area contributed by atoms with Crippen LogP contribution in [0.2, 0.25) is 0 Å². The molecule has 1 fully saturated rings. The number of thiazole rings is 1. The van der Waals surface area contributed by atoms with Crippen molar-refractivity contribution in [2.24, 2.45) is 0 Å². The predicted molar refractivity (Wildman–Crippen MR) is 113 cm³/mol. The number of nitrogens with one attached hydrogen (secondary N) is 1. The third-order valence-electron chi connectivity index (χ3n) is 5.00. The summed E-state index contributed by atoms with van der Waals surface area (Å²) in [5.41, 5.74) is 2.28. The van der Waals surface area contributed by atoms with Crippen molar-refractivity contribution >= 4 is 32.4 Å². The maximum atomic E-state index is 10.9. The number of benzene rings is 2. The first kappa shape index (κ1) is 18.8. The number of rotatable bonds is 7. The van der Waals surface area contributed by atoms with Crippen LogP contribution in [-0.2, 0) is 6.54 Å². The Balaban J connectivity index is 1.22. The molecule has 4 rings (SSSR count). The van der Waals surface area contributed by atoms with Crippen LogP contribution in [0.25, 0.3) is 10.2 Å². The SMILES string of the molecule is O=[N+]([O-])c1ccc2nc(NCCN3CCN(Cc4ccccc4)CC3)sc2c1. The molecule has 1 saturated heterocycles. The van der Waals surface area contributed by atoms with Crippen molar-refractivity contribution in [3.8, 4) is 0 Å². The number of anilines is 1. The Morgan fingerprint density at radius 1 is 1.07 bits per heavy atom. The van der Waals surface area contributed by atoms with E-state index in [0.717, 1.165) is 61.2 Å². The Morgan fingerprint density at radius 2 is 1.82 bits per heavy atom. The van der Waals surface area contributed by atoms with E-state index in [0.29, 0.717) is 0 Å². The lowest BCUT2D eigenvalue weighted by Gasteiger charge is -2.34. The number of hydrogen-bond acceptors (Lipinski definition) is 7. The van der Waals surface area contributed by atoms with Gasteiger partial charge in [0.25, 0.3) is 5.69 Å². The molecule has 146 valence electrons. The van der Waals surface area contributed by atoms with Gasteiger partial charge in [-0.3, -0.25) is 19.9 Å². The van der Waals surface area contributed by atoms with Crippen LogP contribution in [0.4, 0.5) is 10.8 Å². The van der Waals surface area contributed by atoms with Gasteiger partial charge >= 0.3 is 0 Å². The lowest BCUT2D eigenvalue weighted by Crippen LogP contribution is -2.47. The Bertz CT molecular complexity index is 938. The van der Waals surface area contributed by atoms with Gasteiger partial charge in [0.05, 0.1) is 15.1 Å². The molecule has 1 N–H and O–H groups in total. The average molecular weight is 398 g/mol. The second kappa shape index (κ2) is 8.64. The number of aromatic nitrogens is 1. The molecule has 28 heavy (non-hydrogen) atoms. The average Bonchev–Trinajstić information content (AvgIpc) is 3.12. The number of nitrogens with zero attached hydrogens (tertiary/aromatic N) is 4. The van der Waals surface area contributed by atoms with Gasteiger partial charge in [0, 0.05) is 57.9 Å². The number of piperazine rings is 1. The molecule has 0 aliphatic carbocycles. The molecule has 8 heteroatoms.